The molecule has 1 nitrogen and oxygen atoms in total. The summed E-state index contributed by atoms with van der Waals surface area (Å²) in [6, 6.07) is 0. The smallest absolute Gasteiger partial charge is 0.117 e. The Labute approximate surface area is 102 Å². The molecule has 2 rings (SSSR count). The summed E-state index contributed by atoms with van der Waals surface area (Å²) in [5.41, 5.74) is -0.243. The zero-order valence-electron chi connectivity index (χ0n) is 9.66. The summed E-state index contributed by atoms with van der Waals surface area (Å²) in [4.78, 5) is 0. The van der Waals surface area contributed by atoms with Crippen molar-refractivity contribution in [2.75, 3.05) is 6.66 Å². The monoisotopic (exact) mass is 262 g/mol. The molecule has 0 radical (unpaired) electrons. The predicted octanol–water partition coefficient (Wildman–Crippen LogP) is 4.19. The number of hydrogen-bond donors (Lipinski definition) is 0. The van der Waals surface area contributed by atoms with Gasteiger partial charge in [-0.2, -0.15) is 0 Å². The van der Waals surface area contributed by atoms with Gasteiger partial charge in [0.15, 0.2) is 0 Å². The zero-order valence-corrected chi connectivity index (χ0v) is 12.2. The highest BCUT2D eigenvalue weighted by Gasteiger charge is 2.50. The molecule has 0 spiro atoms. The first-order valence-corrected chi connectivity index (χ1v) is 10.0. The second-order valence-electron chi connectivity index (χ2n) is 5.09. The number of hydrogen-bond acceptors (Lipinski definition) is 3. The minimum atomic E-state index is -1.55. The molecule has 1 heterocycles. The Morgan fingerprint density at radius 2 is 2.33 bits per heavy atom. The summed E-state index contributed by atoms with van der Waals surface area (Å²) < 4.78 is 6.37. The van der Waals surface area contributed by atoms with Crippen molar-refractivity contribution in [1.29, 1.82) is 0 Å². The Kier molecular flexibility index (Phi) is 3.14. The first kappa shape index (κ1) is 12.2. The van der Waals surface area contributed by atoms with E-state index < -0.39 is 5.47 Å². The van der Waals surface area contributed by atoms with Gasteiger partial charge >= 0.3 is 0 Å². The third kappa shape index (κ3) is 2.36. The van der Waals surface area contributed by atoms with Crippen LogP contribution in [0, 0.1) is 5.92 Å². The van der Waals surface area contributed by atoms with Gasteiger partial charge in [-0.15, -0.1) is 0 Å². The van der Waals surface area contributed by atoms with Crippen LogP contribution in [-0.2, 0) is 16.3 Å². The Bertz CT molecular complexity index is 341. The molecule has 86 valence electrons. The fraction of sp³-hybridized carbons (Fsp3) is 0.818. The normalized spacial score (nSPS) is 50.1. The average molecular weight is 262 g/mol. The number of rotatable bonds is 1. The average Bonchev–Trinajstić information content (AvgIpc) is 2.31. The molecular formula is C11H19OPS2. The first-order valence-electron chi connectivity index (χ1n) is 5.44. The lowest BCUT2D eigenvalue weighted by Crippen LogP contribution is -2.39. The van der Waals surface area contributed by atoms with Crippen LogP contribution >= 0.6 is 16.8 Å². The lowest BCUT2D eigenvalue weighted by molar-refractivity contribution is 0.127. The lowest BCUT2D eigenvalue weighted by Gasteiger charge is -2.37. The van der Waals surface area contributed by atoms with Gasteiger partial charge in [-0.1, -0.05) is 35.3 Å². The molecule has 1 aliphatic heterocycles. The van der Waals surface area contributed by atoms with Gasteiger partial charge in [0.25, 0.3) is 0 Å². The fourth-order valence-electron chi connectivity index (χ4n) is 2.59. The van der Waals surface area contributed by atoms with Crippen LogP contribution in [0.5, 0.6) is 0 Å². The molecule has 1 aliphatic carbocycles. The summed E-state index contributed by atoms with van der Waals surface area (Å²) in [6.07, 6.45) is 3.99. The van der Waals surface area contributed by atoms with E-state index in [9.17, 15) is 0 Å². The molecule has 1 saturated heterocycles. The van der Waals surface area contributed by atoms with Crippen molar-refractivity contribution < 1.29 is 4.52 Å². The quantitative estimate of drug-likeness (QED) is 0.518. The molecule has 1 saturated carbocycles. The molecule has 0 N–H and O–H groups in total. The molecule has 2 fully saturated rings. The van der Waals surface area contributed by atoms with E-state index in [2.05, 4.69) is 27.1 Å². The third-order valence-electron chi connectivity index (χ3n) is 3.56. The van der Waals surface area contributed by atoms with Crippen LogP contribution in [-0.4, -0.2) is 17.5 Å². The Morgan fingerprint density at radius 3 is 2.93 bits per heavy atom. The lowest BCUT2D eigenvalue weighted by atomic mass is 9.77. The molecule has 0 amide bonds. The number of fused-ring (bicyclic) bond motifs is 1. The van der Waals surface area contributed by atoms with E-state index in [0.717, 1.165) is 6.42 Å². The van der Waals surface area contributed by atoms with Crippen LogP contribution in [0.2, 0.25) is 0 Å². The topological polar surface area (TPSA) is 9.23 Å². The fourth-order valence-corrected chi connectivity index (χ4v) is 9.89. The molecule has 4 atom stereocenters. The Morgan fingerprint density at radius 1 is 1.67 bits per heavy atom. The Balaban J connectivity index is 2.16. The van der Waals surface area contributed by atoms with Crippen molar-refractivity contribution in [1.82, 2.24) is 0 Å². The summed E-state index contributed by atoms with van der Waals surface area (Å²) in [5, 5.41) is 0. The van der Waals surface area contributed by atoms with E-state index in [1.807, 2.05) is 11.4 Å². The largest absolute Gasteiger partial charge is 0.337 e. The van der Waals surface area contributed by atoms with Crippen LogP contribution in [0.15, 0.2) is 12.2 Å². The zero-order chi connectivity index (χ0) is 11.3. The highest BCUT2D eigenvalue weighted by molar-refractivity contribution is 8.70. The third-order valence-corrected chi connectivity index (χ3v) is 8.85. The summed E-state index contributed by atoms with van der Waals surface area (Å²) in [7, 11) is 0. The molecule has 2 aliphatic rings. The van der Waals surface area contributed by atoms with Crippen LogP contribution in [0.4, 0.5) is 0 Å². The van der Waals surface area contributed by atoms with Crippen molar-refractivity contribution in [3.8, 4) is 0 Å². The molecule has 4 heteroatoms. The van der Waals surface area contributed by atoms with Crippen molar-refractivity contribution >= 4 is 28.7 Å². The molecular weight excluding hydrogens is 243 g/mol. The van der Waals surface area contributed by atoms with E-state index in [-0.39, 0.29) is 4.75 Å². The standard InChI is InChI=1S/C11H19OPS2/c1-8(2)9-5-6-11(3)10(7-9)12-13(4,14)15-11/h9-10H,1,5-7H2,2-4H3/t9-,10+,11+,13?/m0/s1. The van der Waals surface area contributed by atoms with E-state index in [0.29, 0.717) is 12.0 Å². The second-order valence-corrected chi connectivity index (χ2v) is 13.4. The van der Waals surface area contributed by atoms with Gasteiger partial charge in [-0.3, -0.25) is 0 Å². The summed E-state index contributed by atoms with van der Waals surface area (Å²) in [5.74, 6) is 0.650. The van der Waals surface area contributed by atoms with Crippen LogP contribution in [0.25, 0.3) is 0 Å². The maximum atomic E-state index is 6.08. The molecule has 0 aromatic heterocycles. The van der Waals surface area contributed by atoms with Crippen LogP contribution in [0.3, 0.4) is 0 Å². The van der Waals surface area contributed by atoms with Crippen molar-refractivity contribution in [3.05, 3.63) is 12.2 Å². The maximum absolute atomic E-state index is 6.08. The highest BCUT2D eigenvalue weighted by Crippen LogP contribution is 2.72. The molecule has 0 aromatic rings. The second kappa shape index (κ2) is 3.87. The van der Waals surface area contributed by atoms with Gasteiger partial charge < -0.3 is 4.52 Å². The van der Waals surface area contributed by atoms with Gasteiger partial charge in [0, 0.05) is 4.75 Å². The van der Waals surface area contributed by atoms with Gasteiger partial charge in [0.1, 0.15) is 5.47 Å². The highest BCUT2D eigenvalue weighted by atomic mass is 32.9. The van der Waals surface area contributed by atoms with Crippen molar-refractivity contribution in [2.45, 2.75) is 44.0 Å². The predicted molar refractivity (Wildman–Crippen MR) is 73.2 cm³/mol. The SMILES string of the molecule is C=C(C)[C@H]1CC[C@@]2(C)SP(C)(=S)O[C@@H]2C1. The van der Waals surface area contributed by atoms with E-state index in [1.54, 1.807) is 0 Å². The van der Waals surface area contributed by atoms with Gasteiger partial charge in [-0.05, 0) is 45.7 Å². The van der Waals surface area contributed by atoms with Gasteiger partial charge in [-0.25, -0.2) is 0 Å². The molecule has 0 bridgehead atoms. The van der Waals surface area contributed by atoms with Gasteiger partial charge in [0.2, 0.25) is 0 Å². The minimum absolute atomic E-state index is 0.288. The first-order chi connectivity index (χ1) is 6.82. The van der Waals surface area contributed by atoms with Crippen molar-refractivity contribution in [3.63, 3.8) is 0 Å². The van der Waals surface area contributed by atoms with Crippen molar-refractivity contribution in [2.24, 2.45) is 5.92 Å². The van der Waals surface area contributed by atoms with Crippen LogP contribution in [0.1, 0.15) is 33.1 Å². The molecule has 0 aromatic carbocycles. The van der Waals surface area contributed by atoms with E-state index in [4.69, 9.17) is 16.3 Å². The number of allylic oxidation sites excluding steroid dienone is 1. The van der Waals surface area contributed by atoms with E-state index >= 15 is 0 Å². The Hall–Kier alpha value is 0.700. The van der Waals surface area contributed by atoms with E-state index in [1.165, 1.54) is 18.4 Å². The summed E-state index contributed by atoms with van der Waals surface area (Å²) in [6.45, 7) is 10.7. The summed E-state index contributed by atoms with van der Waals surface area (Å²) >= 11 is 7.47. The minimum Gasteiger partial charge on any atom is -0.337 e. The molecule has 1 unspecified atom stereocenters. The molecule has 15 heavy (non-hydrogen) atoms. The van der Waals surface area contributed by atoms with Gasteiger partial charge in [0.05, 0.1) is 6.10 Å². The van der Waals surface area contributed by atoms with Crippen LogP contribution < -0.4 is 0 Å². The maximum Gasteiger partial charge on any atom is 0.117 e.